The van der Waals surface area contributed by atoms with E-state index in [4.69, 9.17) is 6.57 Å². The zero-order chi connectivity index (χ0) is 23.0. The van der Waals surface area contributed by atoms with Gasteiger partial charge in [0, 0.05) is 38.3 Å². The van der Waals surface area contributed by atoms with Crippen LogP contribution in [0.15, 0.2) is 47.3 Å². The molecule has 0 amide bonds. The molecule has 2 aromatic heterocycles. The lowest BCUT2D eigenvalue weighted by atomic mass is 9.87. The molecule has 1 aromatic carbocycles. The van der Waals surface area contributed by atoms with Crippen molar-refractivity contribution < 1.29 is 4.39 Å². The van der Waals surface area contributed by atoms with Gasteiger partial charge in [-0.3, -0.25) is 9.69 Å². The summed E-state index contributed by atoms with van der Waals surface area (Å²) in [5.74, 6) is 0.453. The van der Waals surface area contributed by atoms with E-state index >= 15 is 0 Å². The summed E-state index contributed by atoms with van der Waals surface area (Å²) < 4.78 is 14.8. The summed E-state index contributed by atoms with van der Waals surface area (Å²) in [5, 5.41) is 0. The first-order valence-electron chi connectivity index (χ1n) is 10.9. The molecular weight excluding hydrogens is 405 g/mol. The third-order valence-electron chi connectivity index (χ3n) is 6.65. The van der Waals surface area contributed by atoms with Gasteiger partial charge in [0.25, 0.3) is 11.4 Å². The van der Waals surface area contributed by atoms with Gasteiger partial charge < -0.3 is 14.3 Å². The van der Waals surface area contributed by atoms with Gasteiger partial charge in [-0.05, 0) is 56.1 Å². The van der Waals surface area contributed by atoms with Crippen molar-refractivity contribution in [3.8, 4) is 0 Å². The van der Waals surface area contributed by atoms with Gasteiger partial charge >= 0.3 is 0 Å². The summed E-state index contributed by atoms with van der Waals surface area (Å²) in [7, 11) is 3.85. The van der Waals surface area contributed by atoms with E-state index in [0.29, 0.717) is 23.3 Å². The minimum atomic E-state index is -0.220. The normalized spacial score (nSPS) is 21.2. The zero-order valence-electron chi connectivity index (χ0n) is 18.9. The lowest BCUT2D eigenvalue weighted by molar-refractivity contribution is 0.138. The Bertz CT molecular complexity index is 1230. The first-order chi connectivity index (χ1) is 15.3. The number of hydrogen-bond donors (Lipinski definition) is 0. The van der Waals surface area contributed by atoms with Crippen LogP contribution in [0.4, 0.5) is 15.9 Å². The van der Waals surface area contributed by atoms with Crippen molar-refractivity contribution in [2.45, 2.75) is 38.9 Å². The standard InChI is InChI=1S/C25H28FN5O/c1-16-14-31(17(2)12-21(16)29(4)15-18-6-8-19(26)9-7-18)22-13-24(32)30(5)20-10-11-23(27-3)28-25(20)22/h6-11,13,16-17,21H,12,14-15H2,1-2,4-5H3/t16-,17-,21?/m0/s1. The molecule has 1 unspecified atom stereocenters. The molecule has 32 heavy (non-hydrogen) atoms. The monoisotopic (exact) mass is 433 g/mol. The quantitative estimate of drug-likeness (QED) is 0.574. The summed E-state index contributed by atoms with van der Waals surface area (Å²) in [6.45, 7) is 13.3. The topological polar surface area (TPSA) is 45.7 Å². The van der Waals surface area contributed by atoms with E-state index in [1.807, 2.05) is 12.1 Å². The van der Waals surface area contributed by atoms with Crippen LogP contribution < -0.4 is 10.5 Å². The second-order valence-corrected chi connectivity index (χ2v) is 8.90. The minimum absolute atomic E-state index is 0.0831. The fourth-order valence-corrected chi connectivity index (χ4v) is 4.85. The summed E-state index contributed by atoms with van der Waals surface area (Å²) in [6, 6.07) is 12.3. The van der Waals surface area contributed by atoms with Crippen molar-refractivity contribution in [1.29, 1.82) is 0 Å². The first kappa shape index (κ1) is 22.0. The highest BCUT2D eigenvalue weighted by Crippen LogP contribution is 2.34. The molecule has 7 heteroatoms. The number of fused-ring (bicyclic) bond motifs is 1. The van der Waals surface area contributed by atoms with Gasteiger partial charge in [-0.15, -0.1) is 4.98 Å². The number of anilines is 1. The fourth-order valence-electron chi connectivity index (χ4n) is 4.85. The zero-order valence-corrected chi connectivity index (χ0v) is 18.9. The molecular formula is C25H28FN5O. The van der Waals surface area contributed by atoms with Crippen LogP contribution in [0.2, 0.25) is 0 Å². The van der Waals surface area contributed by atoms with E-state index in [-0.39, 0.29) is 17.4 Å². The Labute approximate surface area is 187 Å². The van der Waals surface area contributed by atoms with Gasteiger partial charge in [0.1, 0.15) is 5.82 Å². The molecule has 0 radical (unpaired) electrons. The highest BCUT2D eigenvalue weighted by Gasteiger charge is 2.35. The predicted octanol–water partition coefficient (Wildman–Crippen LogP) is 4.36. The Kier molecular flexibility index (Phi) is 5.98. The number of nitrogens with zero attached hydrogens (tertiary/aromatic N) is 5. The molecule has 0 aliphatic carbocycles. The molecule has 3 aromatic rings. The summed E-state index contributed by atoms with van der Waals surface area (Å²) in [6.07, 6.45) is 0.929. The number of benzene rings is 1. The van der Waals surface area contributed by atoms with Crippen molar-refractivity contribution in [2.24, 2.45) is 13.0 Å². The predicted molar refractivity (Wildman–Crippen MR) is 125 cm³/mol. The molecule has 0 bridgehead atoms. The number of rotatable bonds is 4. The van der Waals surface area contributed by atoms with Gasteiger partial charge in [0.2, 0.25) is 5.52 Å². The minimum Gasteiger partial charge on any atom is -0.365 e. The number of hydrogen-bond acceptors (Lipinski definition) is 4. The Balaban J connectivity index is 1.62. The van der Waals surface area contributed by atoms with Crippen molar-refractivity contribution in [1.82, 2.24) is 14.5 Å². The van der Waals surface area contributed by atoms with Crippen LogP contribution >= 0.6 is 0 Å². The number of pyridine rings is 2. The molecule has 0 saturated carbocycles. The van der Waals surface area contributed by atoms with Crippen LogP contribution in [0.3, 0.4) is 0 Å². The average Bonchev–Trinajstić information content (AvgIpc) is 2.78. The van der Waals surface area contributed by atoms with Crippen LogP contribution in [0.25, 0.3) is 15.9 Å². The second kappa shape index (κ2) is 8.71. The van der Waals surface area contributed by atoms with Gasteiger partial charge in [0.05, 0.1) is 11.2 Å². The van der Waals surface area contributed by atoms with E-state index in [1.165, 1.54) is 12.1 Å². The van der Waals surface area contributed by atoms with Crippen LogP contribution in [0.1, 0.15) is 25.8 Å². The Morgan fingerprint density at radius 2 is 1.94 bits per heavy atom. The highest BCUT2D eigenvalue weighted by atomic mass is 19.1. The summed E-state index contributed by atoms with van der Waals surface area (Å²) >= 11 is 0. The van der Waals surface area contributed by atoms with E-state index in [0.717, 1.165) is 36.3 Å². The maximum atomic E-state index is 13.2. The molecule has 1 fully saturated rings. The number of halogens is 1. The molecule has 3 atom stereocenters. The summed E-state index contributed by atoms with van der Waals surface area (Å²) in [5.41, 5.74) is 3.23. The number of aromatic nitrogens is 2. The Morgan fingerprint density at radius 3 is 2.62 bits per heavy atom. The highest BCUT2D eigenvalue weighted by molar-refractivity contribution is 5.89. The molecule has 1 aliphatic heterocycles. The fraction of sp³-hybridized carbons (Fsp3) is 0.400. The first-order valence-corrected chi connectivity index (χ1v) is 10.9. The van der Waals surface area contributed by atoms with E-state index in [1.54, 1.807) is 29.8 Å². The number of piperidine rings is 1. The maximum absolute atomic E-state index is 13.2. The lowest BCUT2D eigenvalue weighted by Crippen LogP contribution is -2.53. The molecule has 0 N–H and O–H groups in total. The van der Waals surface area contributed by atoms with Crippen molar-refractivity contribution >= 4 is 22.5 Å². The SMILES string of the molecule is [C-]#[N+]c1ccc2c(n1)c(N1C[C@H](C)C(N(C)Cc3ccc(F)cc3)C[C@@H]1C)cc(=O)n2C. The molecule has 0 spiro atoms. The molecule has 4 rings (SSSR count). The third kappa shape index (κ3) is 4.11. The van der Waals surface area contributed by atoms with Crippen LogP contribution in [0, 0.1) is 18.3 Å². The van der Waals surface area contributed by atoms with Crippen LogP contribution in [-0.2, 0) is 13.6 Å². The molecule has 166 valence electrons. The largest absolute Gasteiger partial charge is 0.365 e. The smallest absolute Gasteiger partial charge is 0.270 e. The van der Waals surface area contributed by atoms with Crippen molar-refractivity contribution in [3.05, 3.63) is 75.6 Å². The molecule has 1 aliphatic rings. The number of aryl methyl sites for hydroxylation is 1. The lowest BCUT2D eigenvalue weighted by Gasteiger charge is -2.46. The van der Waals surface area contributed by atoms with Gasteiger partial charge in [-0.25, -0.2) is 4.39 Å². The van der Waals surface area contributed by atoms with Crippen LogP contribution in [-0.4, -0.2) is 40.1 Å². The third-order valence-corrected chi connectivity index (χ3v) is 6.65. The summed E-state index contributed by atoms with van der Waals surface area (Å²) in [4.78, 5) is 25.3. The second-order valence-electron chi connectivity index (χ2n) is 8.90. The van der Waals surface area contributed by atoms with Crippen molar-refractivity contribution in [3.63, 3.8) is 0 Å². The molecule has 6 nitrogen and oxygen atoms in total. The average molecular weight is 434 g/mol. The van der Waals surface area contributed by atoms with E-state index in [2.05, 4.69) is 40.5 Å². The Hall–Kier alpha value is -3.24. The maximum Gasteiger partial charge on any atom is 0.270 e. The van der Waals surface area contributed by atoms with Crippen molar-refractivity contribution in [2.75, 3.05) is 18.5 Å². The van der Waals surface area contributed by atoms with Gasteiger partial charge in [-0.1, -0.05) is 25.6 Å². The van der Waals surface area contributed by atoms with Gasteiger partial charge in [-0.2, -0.15) is 0 Å². The van der Waals surface area contributed by atoms with Gasteiger partial charge in [0.15, 0.2) is 0 Å². The van der Waals surface area contributed by atoms with E-state index in [9.17, 15) is 9.18 Å². The van der Waals surface area contributed by atoms with E-state index < -0.39 is 0 Å². The Morgan fingerprint density at radius 1 is 1.22 bits per heavy atom. The molecule has 3 heterocycles. The van der Waals surface area contributed by atoms with Crippen LogP contribution in [0.5, 0.6) is 0 Å². The molecule has 1 saturated heterocycles.